The van der Waals surface area contributed by atoms with Gasteiger partial charge in [0.2, 0.25) is 0 Å². The van der Waals surface area contributed by atoms with Crippen LogP contribution in [0.2, 0.25) is 34.1 Å². The van der Waals surface area contributed by atoms with Crippen LogP contribution in [0, 0.1) is 10.1 Å². The number of benzene rings is 5. The molecule has 24 heteroatoms. The Labute approximate surface area is 418 Å². The molecule has 0 heterocycles. The van der Waals surface area contributed by atoms with E-state index < -0.39 is 46.5 Å². The number of ether oxygens (including phenoxy) is 2. The van der Waals surface area contributed by atoms with Gasteiger partial charge in [-0.05, 0) is 0 Å². The first-order valence-corrected chi connectivity index (χ1v) is 31.2. The van der Waals surface area contributed by atoms with E-state index in [4.69, 9.17) is 46.6 Å². The van der Waals surface area contributed by atoms with E-state index in [0.717, 1.165) is 37.7 Å². The van der Waals surface area contributed by atoms with Crippen molar-refractivity contribution in [3.8, 4) is 11.5 Å². The molecule has 0 aromatic heterocycles. The predicted octanol–water partition coefficient (Wildman–Crippen LogP) is 5.41. The number of hydrogen-bond acceptors (Lipinski definition) is 9. The molecule has 5 aromatic rings. The topological polar surface area (TPSA) is 248 Å². The third kappa shape index (κ3) is 19.3. The number of carboxylic acids is 5. The minimum atomic E-state index is -4.42. The number of nitrogens with zero attached hydrogens (tertiary/aromatic N) is 1. The van der Waals surface area contributed by atoms with Gasteiger partial charge in [0.25, 0.3) is 0 Å². The molecule has 0 bridgehead atoms. The van der Waals surface area contributed by atoms with Gasteiger partial charge in [0, 0.05) is 0 Å². The van der Waals surface area contributed by atoms with E-state index in [0.29, 0.717) is 37.7 Å². The second-order valence-electron chi connectivity index (χ2n) is 12.0. The Bertz CT molecular complexity index is 2540. The number of halogens is 4. The summed E-state index contributed by atoms with van der Waals surface area (Å²) in [6, 6.07) is 21.8. The van der Waals surface area contributed by atoms with Crippen LogP contribution in [0.4, 0.5) is 18.9 Å². The summed E-state index contributed by atoms with van der Waals surface area (Å²) in [5, 5.41) is 54.9. The van der Waals surface area contributed by atoms with Crippen molar-refractivity contribution in [2.24, 2.45) is 0 Å². The van der Waals surface area contributed by atoms with Crippen molar-refractivity contribution in [2.75, 3.05) is 14.2 Å². The van der Waals surface area contributed by atoms with Crippen LogP contribution in [0.1, 0.15) is 57.4 Å². The number of carboxylic acid groups (broad SMARTS) is 5. The normalized spacial score (nSPS) is 10.1. The maximum absolute atomic E-state index is 12.3. The van der Waals surface area contributed by atoms with Crippen LogP contribution >= 0.6 is 11.6 Å². The van der Waals surface area contributed by atoms with E-state index in [1.165, 1.54) is 25.3 Å². The molecule has 5 aromatic carbocycles. The number of nitro benzene ring substituents is 1. The first kappa shape index (κ1) is 60.1. The van der Waals surface area contributed by atoms with Gasteiger partial charge in [-0.15, -0.1) is 0 Å². The Hall–Kier alpha value is -4.87. The summed E-state index contributed by atoms with van der Waals surface area (Å²) in [4.78, 5) is 63.5. The fourth-order valence-electron chi connectivity index (χ4n) is 4.90. The van der Waals surface area contributed by atoms with E-state index in [1.807, 2.05) is 29.4 Å². The molecule has 0 aliphatic rings. The van der Waals surface area contributed by atoms with Crippen LogP contribution in [0.5, 0.6) is 11.5 Å². The first-order chi connectivity index (χ1) is 31.5. The average molecular weight is 1280 g/mol. The van der Waals surface area contributed by atoms with Gasteiger partial charge >= 0.3 is 422 Å². The molecule has 0 aliphatic carbocycles. The number of carbonyl (C=O) groups is 5. The number of methoxy groups -OCH3 is 2. The monoisotopic (exact) mass is 1290 g/mol. The molecule has 0 spiro atoms. The van der Waals surface area contributed by atoms with Gasteiger partial charge in [-0.25, -0.2) is 0 Å². The molecule has 360 valence electrons. The number of nitro groups is 1. The second kappa shape index (κ2) is 29.8. The molecule has 0 aliphatic heterocycles. The Kier molecular flexibility index (Phi) is 26.7. The molecule has 0 radical (unpaired) electrons. The number of non-ortho nitro benzene ring substituents is 1. The first-order valence-electron chi connectivity index (χ1n) is 18.0. The molecule has 0 amide bonds. The number of alkyl halides is 3. The predicted molar refractivity (Wildman–Crippen MR) is 253 cm³/mol. The maximum atomic E-state index is 12.3. The molecular formula is C43H41ClF3NO14Se5. The standard InChI is InChI=1S/C9H7F3O2Se.2C9H10O3Se.C8H7ClO2Se.C8H7NO4Se/c1-15-7-4-5(9(10,11)12)2-3-6(7)8(13)14;1-12-6-3-4-8(13-2)7(5-6)9(10)11;1-12-7-5-3-4-6(9(10)11)8(7)13-2;1-12-7-3-2-5(9)4-6(7)8(10)11;1-14-7-3-2-5(9(12)13)4-6(7)8(10)11/h2-4H,1H3,(H,13,14);2*3-5H,1-2H3,(H,10,11);2-4H,1H3,(H,10,11);2-4H,1H3,(H,10,11). The zero-order valence-electron chi connectivity index (χ0n) is 36.1. The van der Waals surface area contributed by atoms with E-state index in [-0.39, 0.29) is 96.1 Å². The summed E-state index contributed by atoms with van der Waals surface area (Å²) in [6.45, 7) is 0. The van der Waals surface area contributed by atoms with Gasteiger partial charge < -0.3 is 0 Å². The Balaban J connectivity index is 0.000000420. The fourth-order valence-corrected chi connectivity index (χ4v) is 11.5. The summed E-state index contributed by atoms with van der Waals surface area (Å²) >= 11 is 5.91. The van der Waals surface area contributed by atoms with E-state index in [1.54, 1.807) is 55.4 Å². The zero-order valence-corrected chi connectivity index (χ0v) is 45.4. The van der Waals surface area contributed by atoms with Crippen LogP contribution in [0.15, 0.2) is 91.0 Å². The van der Waals surface area contributed by atoms with Crippen LogP contribution in [0.3, 0.4) is 0 Å². The van der Waals surface area contributed by atoms with Gasteiger partial charge in [0.15, 0.2) is 0 Å². The summed E-state index contributed by atoms with van der Waals surface area (Å²) < 4.78 is 50.4. The summed E-state index contributed by atoms with van der Waals surface area (Å²) in [6.07, 6.45) is -4.42. The Morgan fingerprint density at radius 2 is 1.01 bits per heavy atom. The van der Waals surface area contributed by atoms with Crippen LogP contribution in [-0.2, 0) is 6.18 Å². The molecule has 15 nitrogen and oxygen atoms in total. The molecule has 0 saturated carbocycles. The van der Waals surface area contributed by atoms with Crippen molar-refractivity contribution in [3.63, 3.8) is 0 Å². The second-order valence-corrected chi connectivity index (χ2v) is 21.3. The van der Waals surface area contributed by atoms with Crippen molar-refractivity contribution >= 4 is 144 Å². The molecule has 0 atom stereocenters. The zero-order chi connectivity index (χ0) is 51.2. The van der Waals surface area contributed by atoms with Crippen molar-refractivity contribution in [1.29, 1.82) is 0 Å². The van der Waals surface area contributed by atoms with Crippen molar-refractivity contribution in [3.05, 3.63) is 140 Å². The van der Waals surface area contributed by atoms with E-state index in [9.17, 15) is 47.3 Å². The molecule has 5 rings (SSSR count). The molecule has 67 heavy (non-hydrogen) atoms. The SMILES string of the molecule is COc1ccc([Se]C)c(C(=O)O)c1.COc1cccc(C(=O)O)c1[Se]C.C[Se]c1cc(C(F)(F)F)ccc1C(=O)O.C[Se]c1ccc(Cl)cc1C(=O)O.C[Se]c1ccc([N+](=O)[O-])cc1C(=O)O. The number of rotatable bonds is 13. The van der Waals surface area contributed by atoms with Crippen LogP contribution in [-0.4, -0.2) is 149 Å². The molecule has 0 saturated heterocycles. The molecular weight excluding hydrogens is 1240 g/mol. The van der Waals surface area contributed by atoms with Crippen molar-refractivity contribution < 1.29 is 77.1 Å². The average Bonchev–Trinajstić information content (AvgIpc) is 3.30. The summed E-state index contributed by atoms with van der Waals surface area (Å²) in [7, 11) is 3.08. The van der Waals surface area contributed by atoms with Gasteiger partial charge in [-0.3, -0.25) is 0 Å². The third-order valence-corrected chi connectivity index (χ3v) is 16.7. The summed E-state index contributed by atoms with van der Waals surface area (Å²) in [5.41, 5.74) is 0.0162. The van der Waals surface area contributed by atoms with Gasteiger partial charge in [0.05, 0.1) is 0 Å². The van der Waals surface area contributed by atoms with Gasteiger partial charge in [-0.2, -0.15) is 0 Å². The van der Waals surface area contributed by atoms with Crippen LogP contribution < -0.4 is 31.8 Å². The van der Waals surface area contributed by atoms with E-state index in [2.05, 4.69) is 0 Å². The molecule has 0 fully saturated rings. The van der Waals surface area contributed by atoms with Crippen molar-refractivity contribution in [1.82, 2.24) is 0 Å². The van der Waals surface area contributed by atoms with Gasteiger partial charge in [-0.1, -0.05) is 0 Å². The third-order valence-electron chi connectivity index (χ3n) is 8.05. The number of aromatic carboxylic acids is 5. The van der Waals surface area contributed by atoms with Crippen LogP contribution in [0.25, 0.3) is 0 Å². The quantitative estimate of drug-likeness (QED) is 0.0562. The minimum absolute atomic E-state index is 0.0167. The van der Waals surface area contributed by atoms with Gasteiger partial charge in [0.1, 0.15) is 0 Å². The van der Waals surface area contributed by atoms with E-state index >= 15 is 0 Å². The van der Waals surface area contributed by atoms with Crippen molar-refractivity contribution in [2.45, 2.75) is 35.3 Å². The molecule has 5 N–H and O–H groups in total. The Morgan fingerprint density at radius 1 is 0.552 bits per heavy atom. The Morgan fingerprint density at radius 3 is 1.43 bits per heavy atom. The number of hydrogen-bond donors (Lipinski definition) is 5. The molecule has 0 unspecified atom stereocenters. The fraction of sp³-hybridized carbons (Fsp3) is 0.186. The summed E-state index contributed by atoms with van der Waals surface area (Å²) in [5.74, 6) is 5.73.